The third-order valence-corrected chi connectivity index (χ3v) is 5.25. The number of aliphatic carboxylic acids is 1. The van der Waals surface area contributed by atoms with Crippen molar-refractivity contribution >= 4 is 22.4 Å². The number of rotatable bonds is 3. The van der Waals surface area contributed by atoms with Crippen LogP contribution in [0.15, 0.2) is 5.38 Å². The Bertz CT molecular complexity index is 476. The summed E-state index contributed by atoms with van der Waals surface area (Å²) in [5.74, 6) is -0.219. The minimum atomic E-state index is -1.02. The van der Waals surface area contributed by atoms with Gasteiger partial charge in [-0.25, -0.2) is 4.98 Å². The number of aromatic nitrogens is 1. The van der Waals surface area contributed by atoms with Crippen LogP contribution in [0.2, 0.25) is 0 Å². The third kappa shape index (κ3) is 2.34. The van der Waals surface area contributed by atoms with Crippen LogP contribution in [-0.4, -0.2) is 28.6 Å². The number of carboxylic acid groups (broad SMARTS) is 1. The fraction of sp³-hybridized carbons (Fsp3) is 0.692. The molecule has 3 N–H and O–H groups in total. The van der Waals surface area contributed by atoms with Gasteiger partial charge in [-0.2, -0.15) is 0 Å². The molecule has 2 heterocycles. The zero-order chi connectivity index (χ0) is 13.4. The minimum absolute atomic E-state index is 0.478. The number of hydrogen-bond acceptors (Lipinski definition) is 5. The van der Waals surface area contributed by atoms with Gasteiger partial charge in [0.2, 0.25) is 0 Å². The first-order valence-electron chi connectivity index (χ1n) is 6.87. The molecule has 3 rings (SSSR count). The van der Waals surface area contributed by atoms with Gasteiger partial charge in [0.05, 0.1) is 5.69 Å². The predicted molar refractivity (Wildman–Crippen MR) is 74.4 cm³/mol. The molecule has 3 atom stereocenters. The third-order valence-electron chi connectivity index (χ3n) is 4.35. The van der Waals surface area contributed by atoms with Gasteiger partial charge in [-0.15, -0.1) is 11.3 Å². The van der Waals surface area contributed by atoms with E-state index in [0.29, 0.717) is 11.7 Å². The number of nitrogens with two attached hydrogens (primary N) is 1. The molecule has 0 radical (unpaired) electrons. The Balaban J connectivity index is 1.77. The summed E-state index contributed by atoms with van der Waals surface area (Å²) in [6, 6.07) is -0.399. The molecule has 0 aromatic carbocycles. The standard InChI is InChI=1S/C13H19N3O2S/c14-11(12(17)18)9-7-19-13(15-9)16-6-5-8-3-1-2-4-10(8)16/h7-8,10-11H,1-6,14H2,(H,17,18). The fourth-order valence-electron chi connectivity index (χ4n) is 3.32. The van der Waals surface area contributed by atoms with Crippen LogP contribution in [0.25, 0.3) is 0 Å². The average molecular weight is 281 g/mol. The SMILES string of the molecule is NC(C(=O)O)c1csc(N2CCC3CCCCC32)n1. The lowest BCUT2D eigenvalue weighted by atomic mass is 9.85. The molecule has 1 aromatic heterocycles. The van der Waals surface area contributed by atoms with Crippen LogP contribution in [0.3, 0.4) is 0 Å². The van der Waals surface area contributed by atoms with Gasteiger partial charge in [-0.05, 0) is 25.2 Å². The number of carboxylic acids is 1. The van der Waals surface area contributed by atoms with Crippen LogP contribution >= 0.6 is 11.3 Å². The number of carbonyl (C=O) groups is 1. The fourth-order valence-corrected chi connectivity index (χ4v) is 4.27. The molecular weight excluding hydrogens is 262 g/mol. The second-order valence-corrected chi connectivity index (χ2v) is 6.30. The Labute approximate surface area is 116 Å². The van der Waals surface area contributed by atoms with Gasteiger partial charge in [0.1, 0.15) is 6.04 Å². The molecule has 6 heteroatoms. The van der Waals surface area contributed by atoms with Crippen molar-refractivity contribution < 1.29 is 9.90 Å². The first-order valence-corrected chi connectivity index (χ1v) is 7.75. The molecule has 2 fully saturated rings. The molecule has 0 spiro atoms. The van der Waals surface area contributed by atoms with Gasteiger partial charge in [-0.3, -0.25) is 4.79 Å². The normalized spacial score (nSPS) is 28.2. The van der Waals surface area contributed by atoms with E-state index >= 15 is 0 Å². The summed E-state index contributed by atoms with van der Waals surface area (Å²) in [5.41, 5.74) is 6.09. The molecule has 1 aromatic rings. The molecule has 3 unspecified atom stereocenters. The summed E-state index contributed by atoms with van der Waals surface area (Å²) >= 11 is 1.52. The molecule has 0 amide bonds. The number of thiazole rings is 1. The smallest absolute Gasteiger partial charge is 0.326 e. The Morgan fingerprint density at radius 1 is 1.47 bits per heavy atom. The second kappa shape index (κ2) is 5.09. The van der Waals surface area contributed by atoms with E-state index in [4.69, 9.17) is 10.8 Å². The zero-order valence-corrected chi connectivity index (χ0v) is 11.6. The molecule has 104 valence electrons. The lowest BCUT2D eigenvalue weighted by Gasteiger charge is -2.31. The zero-order valence-electron chi connectivity index (χ0n) is 10.8. The van der Waals surface area contributed by atoms with E-state index in [1.54, 1.807) is 5.38 Å². The van der Waals surface area contributed by atoms with Gasteiger partial charge in [-0.1, -0.05) is 12.8 Å². The molecule has 1 saturated carbocycles. The highest BCUT2D eigenvalue weighted by Crippen LogP contribution is 2.39. The maximum atomic E-state index is 10.9. The van der Waals surface area contributed by atoms with Crippen LogP contribution in [0, 0.1) is 5.92 Å². The lowest BCUT2D eigenvalue weighted by Crippen LogP contribution is -2.34. The molecule has 1 aliphatic heterocycles. The van der Waals surface area contributed by atoms with Gasteiger partial charge >= 0.3 is 5.97 Å². The van der Waals surface area contributed by atoms with E-state index in [1.165, 1.54) is 43.4 Å². The number of hydrogen-bond donors (Lipinski definition) is 2. The Hall–Kier alpha value is -1.14. The van der Waals surface area contributed by atoms with Crippen molar-refractivity contribution in [3.63, 3.8) is 0 Å². The molecule has 0 bridgehead atoms. The maximum absolute atomic E-state index is 10.9. The number of nitrogens with zero attached hydrogens (tertiary/aromatic N) is 2. The summed E-state index contributed by atoms with van der Waals surface area (Å²) in [4.78, 5) is 17.7. The summed E-state index contributed by atoms with van der Waals surface area (Å²) in [6.07, 6.45) is 6.45. The summed E-state index contributed by atoms with van der Waals surface area (Å²) < 4.78 is 0. The Morgan fingerprint density at radius 2 is 2.26 bits per heavy atom. The second-order valence-electron chi connectivity index (χ2n) is 5.46. The first kappa shape index (κ1) is 12.9. The van der Waals surface area contributed by atoms with E-state index in [-0.39, 0.29) is 0 Å². The lowest BCUT2D eigenvalue weighted by molar-refractivity contribution is -0.138. The predicted octanol–water partition coefficient (Wildman–Crippen LogP) is 2.00. The van der Waals surface area contributed by atoms with Crippen LogP contribution in [0.1, 0.15) is 43.8 Å². The molecule has 5 nitrogen and oxygen atoms in total. The molecule has 19 heavy (non-hydrogen) atoms. The number of fused-ring (bicyclic) bond motifs is 1. The highest BCUT2D eigenvalue weighted by atomic mass is 32.1. The molecular formula is C13H19N3O2S. The quantitative estimate of drug-likeness (QED) is 0.886. The summed E-state index contributed by atoms with van der Waals surface area (Å²) in [7, 11) is 0. The van der Waals surface area contributed by atoms with Gasteiger partial charge < -0.3 is 15.7 Å². The molecule has 2 aliphatic rings. The highest BCUT2D eigenvalue weighted by molar-refractivity contribution is 7.13. The molecule has 1 saturated heterocycles. The van der Waals surface area contributed by atoms with E-state index < -0.39 is 12.0 Å². The van der Waals surface area contributed by atoms with Crippen molar-refractivity contribution in [2.75, 3.05) is 11.4 Å². The van der Waals surface area contributed by atoms with Crippen molar-refractivity contribution in [2.24, 2.45) is 11.7 Å². The van der Waals surface area contributed by atoms with Crippen LogP contribution in [-0.2, 0) is 4.79 Å². The average Bonchev–Trinajstić information content (AvgIpc) is 3.03. The molecule has 1 aliphatic carbocycles. The van der Waals surface area contributed by atoms with Crippen LogP contribution in [0.5, 0.6) is 0 Å². The van der Waals surface area contributed by atoms with Gasteiger partial charge in [0, 0.05) is 18.0 Å². The Kier molecular flexibility index (Phi) is 3.45. The highest BCUT2D eigenvalue weighted by Gasteiger charge is 2.37. The van der Waals surface area contributed by atoms with E-state index in [9.17, 15) is 4.79 Å². The van der Waals surface area contributed by atoms with E-state index in [0.717, 1.165) is 17.6 Å². The topological polar surface area (TPSA) is 79.5 Å². The van der Waals surface area contributed by atoms with Crippen molar-refractivity contribution in [2.45, 2.75) is 44.2 Å². The van der Waals surface area contributed by atoms with Crippen molar-refractivity contribution in [3.05, 3.63) is 11.1 Å². The van der Waals surface area contributed by atoms with Gasteiger partial charge in [0.25, 0.3) is 0 Å². The van der Waals surface area contributed by atoms with Crippen LogP contribution in [0.4, 0.5) is 5.13 Å². The van der Waals surface area contributed by atoms with Crippen LogP contribution < -0.4 is 10.6 Å². The largest absolute Gasteiger partial charge is 0.480 e. The van der Waals surface area contributed by atoms with Crippen molar-refractivity contribution in [3.8, 4) is 0 Å². The first-order chi connectivity index (χ1) is 9.16. The number of anilines is 1. The van der Waals surface area contributed by atoms with E-state index in [1.807, 2.05) is 0 Å². The van der Waals surface area contributed by atoms with Crippen molar-refractivity contribution in [1.82, 2.24) is 4.98 Å². The summed E-state index contributed by atoms with van der Waals surface area (Å²) in [5, 5.41) is 11.7. The maximum Gasteiger partial charge on any atom is 0.326 e. The monoisotopic (exact) mass is 281 g/mol. The minimum Gasteiger partial charge on any atom is -0.480 e. The Morgan fingerprint density at radius 3 is 3.05 bits per heavy atom. The summed E-state index contributed by atoms with van der Waals surface area (Å²) in [6.45, 7) is 1.05. The van der Waals surface area contributed by atoms with E-state index in [2.05, 4.69) is 9.88 Å². The van der Waals surface area contributed by atoms with Gasteiger partial charge in [0.15, 0.2) is 5.13 Å². The van der Waals surface area contributed by atoms with Crippen molar-refractivity contribution in [1.29, 1.82) is 0 Å².